The van der Waals surface area contributed by atoms with Crippen molar-refractivity contribution in [2.75, 3.05) is 11.9 Å². The Morgan fingerprint density at radius 1 is 1.50 bits per heavy atom. The highest BCUT2D eigenvalue weighted by Gasteiger charge is 1.99. The molecule has 0 heterocycles. The molecular formula is C9H10NO2-. The van der Waals surface area contributed by atoms with E-state index < -0.39 is 6.09 Å². The average Bonchev–Trinajstić information content (AvgIpc) is 2.03. The largest absolute Gasteiger partial charge is 0.530 e. The lowest BCUT2D eigenvalue weighted by Crippen LogP contribution is -2.38. The van der Waals surface area contributed by atoms with Gasteiger partial charge in [0.15, 0.2) is 0 Å². The highest BCUT2D eigenvalue weighted by atomic mass is 16.4. The van der Waals surface area contributed by atoms with Gasteiger partial charge < -0.3 is 14.8 Å². The van der Waals surface area contributed by atoms with E-state index in [4.69, 9.17) is 0 Å². The molecule has 12 heavy (non-hydrogen) atoms. The fraction of sp³-hybridized carbons (Fsp3) is 0.222. The van der Waals surface area contributed by atoms with Crippen LogP contribution in [0.3, 0.4) is 0 Å². The molecule has 0 saturated carbocycles. The zero-order valence-electron chi connectivity index (χ0n) is 7.07. The van der Waals surface area contributed by atoms with Crippen LogP contribution in [0.25, 0.3) is 0 Å². The Labute approximate surface area is 71.2 Å². The van der Waals surface area contributed by atoms with Crippen molar-refractivity contribution >= 4 is 11.8 Å². The van der Waals surface area contributed by atoms with Gasteiger partial charge in [0, 0.05) is 12.7 Å². The molecular weight excluding hydrogens is 154 g/mol. The molecule has 1 rings (SSSR count). The third-order valence-corrected chi connectivity index (χ3v) is 1.66. The van der Waals surface area contributed by atoms with Crippen LogP contribution >= 0.6 is 0 Å². The van der Waals surface area contributed by atoms with Crippen molar-refractivity contribution in [1.82, 2.24) is 0 Å². The lowest BCUT2D eigenvalue weighted by molar-refractivity contribution is -0.246. The molecule has 0 aliphatic heterocycles. The van der Waals surface area contributed by atoms with E-state index in [1.807, 2.05) is 19.1 Å². The predicted molar refractivity (Wildman–Crippen MR) is 45.0 cm³/mol. The van der Waals surface area contributed by atoms with E-state index in [9.17, 15) is 9.90 Å². The minimum Gasteiger partial charge on any atom is -0.530 e. The molecule has 0 aromatic heterocycles. The van der Waals surface area contributed by atoms with Gasteiger partial charge in [0.2, 0.25) is 0 Å². The van der Waals surface area contributed by atoms with Gasteiger partial charge in [-0.2, -0.15) is 0 Å². The summed E-state index contributed by atoms with van der Waals surface area (Å²) in [7, 11) is 1.46. The van der Waals surface area contributed by atoms with Crippen molar-refractivity contribution in [3.05, 3.63) is 29.8 Å². The monoisotopic (exact) mass is 164 g/mol. The summed E-state index contributed by atoms with van der Waals surface area (Å²) in [6.07, 6.45) is -1.19. The molecule has 0 saturated heterocycles. The van der Waals surface area contributed by atoms with E-state index in [2.05, 4.69) is 0 Å². The van der Waals surface area contributed by atoms with Crippen LogP contribution in [0.4, 0.5) is 10.5 Å². The van der Waals surface area contributed by atoms with Gasteiger partial charge in [-0.15, -0.1) is 0 Å². The maximum absolute atomic E-state index is 10.4. The predicted octanol–water partition coefficient (Wildman–Crippen LogP) is 0.775. The van der Waals surface area contributed by atoms with Crippen LogP contribution in [0.5, 0.6) is 0 Å². The Morgan fingerprint density at radius 3 is 2.67 bits per heavy atom. The number of aryl methyl sites for hydroxylation is 1. The molecule has 0 bridgehead atoms. The Balaban J connectivity index is 2.95. The number of anilines is 1. The smallest absolute Gasteiger partial charge is 0.141 e. The second-order valence-corrected chi connectivity index (χ2v) is 2.66. The van der Waals surface area contributed by atoms with E-state index >= 15 is 0 Å². The molecule has 0 N–H and O–H groups in total. The third-order valence-electron chi connectivity index (χ3n) is 1.66. The van der Waals surface area contributed by atoms with Crippen molar-refractivity contribution in [1.29, 1.82) is 0 Å². The molecule has 0 aliphatic carbocycles. The molecule has 1 aromatic carbocycles. The summed E-state index contributed by atoms with van der Waals surface area (Å²) in [6, 6.07) is 7.23. The Kier molecular flexibility index (Phi) is 2.33. The maximum atomic E-state index is 10.4. The molecule has 0 fully saturated rings. The zero-order valence-corrected chi connectivity index (χ0v) is 7.07. The average molecular weight is 164 g/mol. The number of carbonyl (C=O) groups excluding carboxylic acids is 1. The molecule has 0 spiro atoms. The first kappa shape index (κ1) is 8.59. The van der Waals surface area contributed by atoms with Crippen LogP contribution in [0.15, 0.2) is 24.3 Å². The van der Waals surface area contributed by atoms with Crippen molar-refractivity contribution in [3.8, 4) is 0 Å². The van der Waals surface area contributed by atoms with Gasteiger partial charge in [-0.25, -0.2) is 0 Å². The van der Waals surface area contributed by atoms with Gasteiger partial charge in [0.1, 0.15) is 6.09 Å². The molecule has 0 aliphatic rings. The van der Waals surface area contributed by atoms with Crippen molar-refractivity contribution < 1.29 is 9.90 Å². The van der Waals surface area contributed by atoms with Gasteiger partial charge in [-0.05, 0) is 24.6 Å². The number of nitrogens with zero attached hydrogens (tertiary/aromatic N) is 1. The van der Waals surface area contributed by atoms with E-state index in [1.54, 1.807) is 12.1 Å². The first-order chi connectivity index (χ1) is 5.61. The normalized spacial score (nSPS) is 9.50. The summed E-state index contributed by atoms with van der Waals surface area (Å²) in [6.45, 7) is 1.91. The topological polar surface area (TPSA) is 43.4 Å². The standard InChI is InChI=1S/C9H11NO2/c1-7-4-3-5-8(6-7)10(2)9(11)12/h3-6H,1-2H3,(H,11,12)/p-1. The van der Waals surface area contributed by atoms with Crippen molar-refractivity contribution in [2.24, 2.45) is 0 Å². The zero-order chi connectivity index (χ0) is 9.14. The van der Waals surface area contributed by atoms with Gasteiger partial charge in [-0.3, -0.25) is 0 Å². The lowest BCUT2D eigenvalue weighted by atomic mass is 10.2. The number of hydrogen-bond acceptors (Lipinski definition) is 2. The first-order valence-corrected chi connectivity index (χ1v) is 3.62. The number of carboxylic acid groups (broad SMARTS) is 1. The minimum absolute atomic E-state index is 0.634. The fourth-order valence-electron chi connectivity index (χ4n) is 0.942. The van der Waals surface area contributed by atoms with Crippen LogP contribution < -0.4 is 10.0 Å². The quantitative estimate of drug-likeness (QED) is 0.615. The summed E-state index contributed by atoms with van der Waals surface area (Å²) >= 11 is 0. The highest BCUT2D eigenvalue weighted by Crippen LogP contribution is 2.13. The SMILES string of the molecule is Cc1cccc(N(C)C(=O)[O-])c1. The van der Waals surface area contributed by atoms with E-state index in [-0.39, 0.29) is 0 Å². The molecule has 64 valence electrons. The second kappa shape index (κ2) is 3.26. The molecule has 0 atom stereocenters. The number of carbonyl (C=O) groups is 1. The molecule has 0 unspecified atom stereocenters. The summed E-state index contributed by atoms with van der Waals surface area (Å²) in [5, 5.41) is 10.4. The van der Waals surface area contributed by atoms with Crippen LogP contribution in [0, 0.1) is 6.92 Å². The highest BCUT2D eigenvalue weighted by molar-refractivity contribution is 5.83. The molecule has 3 nitrogen and oxygen atoms in total. The first-order valence-electron chi connectivity index (χ1n) is 3.62. The van der Waals surface area contributed by atoms with E-state index in [0.29, 0.717) is 5.69 Å². The summed E-state index contributed by atoms with van der Waals surface area (Å²) in [5.74, 6) is 0. The third kappa shape index (κ3) is 1.75. The molecule has 3 heteroatoms. The maximum Gasteiger partial charge on any atom is 0.141 e. The summed E-state index contributed by atoms with van der Waals surface area (Å²) < 4.78 is 0. The number of amides is 1. The Bertz CT molecular complexity index is 296. The van der Waals surface area contributed by atoms with Crippen LogP contribution in [-0.4, -0.2) is 13.1 Å². The molecule has 1 aromatic rings. The van der Waals surface area contributed by atoms with Gasteiger partial charge in [-0.1, -0.05) is 12.1 Å². The number of benzene rings is 1. The lowest BCUT2D eigenvalue weighted by Gasteiger charge is -2.19. The molecule has 1 amide bonds. The Morgan fingerprint density at radius 2 is 2.17 bits per heavy atom. The van der Waals surface area contributed by atoms with Crippen molar-refractivity contribution in [2.45, 2.75) is 6.92 Å². The Hall–Kier alpha value is -1.51. The summed E-state index contributed by atoms with van der Waals surface area (Å²) in [5.41, 5.74) is 1.66. The number of hydrogen-bond donors (Lipinski definition) is 0. The second-order valence-electron chi connectivity index (χ2n) is 2.66. The van der Waals surface area contributed by atoms with E-state index in [0.717, 1.165) is 10.5 Å². The van der Waals surface area contributed by atoms with Crippen LogP contribution in [0.2, 0.25) is 0 Å². The summed E-state index contributed by atoms with van der Waals surface area (Å²) in [4.78, 5) is 11.5. The van der Waals surface area contributed by atoms with Crippen LogP contribution in [-0.2, 0) is 0 Å². The number of rotatable bonds is 1. The van der Waals surface area contributed by atoms with Gasteiger partial charge >= 0.3 is 0 Å². The fourth-order valence-corrected chi connectivity index (χ4v) is 0.942. The van der Waals surface area contributed by atoms with Crippen LogP contribution in [0.1, 0.15) is 5.56 Å². The van der Waals surface area contributed by atoms with Crippen molar-refractivity contribution in [3.63, 3.8) is 0 Å². The van der Waals surface area contributed by atoms with E-state index in [1.165, 1.54) is 7.05 Å². The minimum atomic E-state index is -1.19. The van der Waals surface area contributed by atoms with Gasteiger partial charge in [0.25, 0.3) is 0 Å². The molecule has 0 radical (unpaired) electrons. The van der Waals surface area contributed by atoms with Gasteiger partial charge in [0.05, 0.1) is 0 Å².